The third-order valence-corrected chi connectivity index (χ3v) is 4.69. The molecule has 31 heavy (non-hydrogen) atoms. The standard InChI is InChI=1S/C16H13F10N3OS/c1-2-31-11-5-8(14(19,20)21)3-4-9(11)29-6-10(12(27)28-29)30-7-13(17,18)15(22,23)16(24,25)26/h3-6H,2,7H2,1H3,(H2,27,28). The molecule has 2 rings (SSSR count). The summed E-state index contributed by atoms with van der Waals surface area (Å²) in [5, 5.41) is 3.65. The van der Waals surface area contributed by atoms with E-state index in [1.54, 1.807) is 6.92 Å². The van der Waals surface area contributed by atoms with Crippen LogP contribution in [0.25, 0.3) is 5.69 Å². The average molecular weight is 485 g/mol. The Bertz CT molecular complexity index is 923. The second-order valence-corrected chi connectivity index (χ2v) is 7.31. The molecule has 2 aromatic rings. The molecule has 1 aromatic heterocycles. The second kappa shape index (κ2) is 8.31. The lowest BCUT2D eigenvalue weighted by Gasteiger charge is -2.27. The number of ether oxygens (including phenoxy) is 1. The number of hydrogen-bond donors (Lipinski definition) is 1. The van der Waals surface area contributed by atoms with Crippen LogP contribution in [0.4, 0.5) is 49.7 Å². The first-order chi connectivity index (χ1) is 14.0. The summed E-state index contributed by atoms with van der Waals surface area (Å²) >= 11 is 0.979. The molecule has 0 spiro atoms. The lowest BCUT2D eigenvalue weighted by molar-refractivity contribution is -0.358. The van der Waals surface area contributed by atoms with E-state index < -0.39 is 47.9 Å². The second-order valence-electron chi connectivity index (χ2n) is 6.00. The third kappa shape index (κ3) is 5.13. The highest BCUT2D eigenvalue weighted by Gasteiger charge is 2.73. The zero-order valence-electron chi connectivity index (χ0n) is 15.3. The van der Waals surface area contributed by atoms with Crippen LogP contribution in [0.3, 0.4) is 0 Å². The van der Waals surface area contributed by atoms with Gasteiger partial charge in [-0.25, -0.2) is 4.68 Å². The quantitative estimate of drug-likeness (QED) is 0.398. The fourth-order valence-electron chi connectivity index (χ4n) is 2.22. The molecule has 0 bridgehead atoms. The number of thioether (sulfide) groups is 1. The summed E-state index contributed by atoms with van der Waals surface area (Å²) in [6.07, 6.45) is -10.4. The van der Waals surface area contributed by atoms with Crippen LogP contribution in [-0.2, 0) is 6.18 Å². The van der Waals surface area contributed by atoms with E-state index in [9.17, 15) is 43.9 Å². The van der Waals surface area contributed by atoms with E-state index in [0.29, 0.717) is 11.8 Å². The predicted octanol–water partition coefficient (Wildman–Crippen LogP) is 5.80. The summed E-state index contributed by atoms with van der Waals surface area (Å²) in [6.45, 7) is -0.734. The van der Waals surface area contributed by atoms with Gasteiger partial charge in [-0.2, -0.15) is 43.9 Å². The van der Waals surface area contributed by atoms with E-state index >= 15 is 0 Å². The number of nitrogens with zero attached hydrogens (tertiary/aromatic N) is 2. The van der Waals surface area contributed by atoms with Gasteiger partial charge in [-0.05, 0) is 24.0 Å². The molecule has 1 aromatic carbocycles. The van der Waals surface area contributed by atoms with Crippen molar-refractivity contribution in [1.29, 1.82) is 0 Å². The number of aromatic nitrogens is 2. The van der Waals surface area contributed by atoms with Crippen molar-refractivity contribution >= 4 is 17.6 Å². The molecule has 0 unspecified atom stereocenters. The summed E-state index contributed by atoms with van der Waals surface area (Å²) in [7, 11) is 0. The van der Waals surface area contributed by atoms with Crippen molar-refractivity contribution < 1.29 is 48.6 Å². The van der Waals surface area contributed by atoms with Crippen LogP contribution < -0.4 is 10.5 Å². The molecule has 15 heteroatoms. The van der Waals surface area contributed by atoms with Crippen molar-refractivity contribution in [2.45, 2.75) is 36.0 Å². The van der Waals surface area contributed by atoms with Gasteiger partial charge >= 0.3 is 24.2 Å². The molecule has 0 saturated carbocycles. The third-order valence-electron chi connectivity index (χ3n) is 3.77. The minimum absolute atomic E-state index is 0.0220. The average Bonchev–Trinajstić information content (AvgIpc) is 2.99. The van der Waals surface area contributed by atoms with E-state index in [2.05, 4.69) is 9.84 Å². The van der Waals surface area contributed by atoms with Crippen LogP contribution in [0.5, 0.6) is 5.75 Å². The highest BCUT2D eigenvalue weighted by Crippen LogP contribution is 2.46. The molecular formula is C16H13F10N3OS. The Morgan fingerprint density at radius 3 is 2.16 bits per heavy atom. The van der Waals surface area contributed by atoms with Gasteiger partial charge < -0.3 is 10.5 Å². The van der Waals surface area contributed by atoms with E-state index in [0.717, 1.165) is 34.8 Å². The molecule has 0 aliphatic rings. The van der Waals surface area contributed by atoms with E-state index in [-0.39, 0.29) is 10.6 Å². The van der Waals surface area contributed by atoms with E-state index in [1.165, 1.54) is 0 Å². The van der Waals surface area contributed by atoms with Gasteiger partial charge in [-0.1, -0.05) is 6.92 Å². The van der Waals surface area contributed by atoms with Gasteiger partial charge in [0.1, 0.15) is 0 Å². The Kier molecular flexibility index (Phi) is 6.69. The number of anilines is 1. The fraction of sp³-hybridized carbons (Fsp3) is 0.438. The van der Waals surface area contributed by atoms with Gasteiger partial charge in [0.15, 0.2) is 18.2 Å². The molecule has 0 atom stereocenters. The summed E-state index contributed by atoms with van der Waals surface area (Å²) in [5.74, 6) is -13.1. The smallest absolute Gasteiger partial charge is 0.460 e. The molecule has 0 aliphatic heterocycles. The molecule has 0 aliphatic carbocycles. The Balaban J connectivity index is 2.33. The molecule has 174 valence electrons. The highest BCUT2D eigenvalue weighted by molar-refractivity contribution is 7.99. The zero-order chi connectivity index (χ0) is 23.8. The van der Waals surface area contributed by atoms with Crippen molar-refractivity contribution in [2.24, 2.45) is 0 Å². The zero-order valence-corrected chi connectivity index (χ0v) is 16.1. The lowest BCUT2D eigenvalue weighted by Crippen LogP contribution is -2.54. The van der Waals surface area contributed by atoms with Crippen molar-refractivity contribution in [2.75, 3.05) is 18.1 Å². The number of alkyl halides is 10. The van der Waals surface area contributed by atoms with Gasteiger partial charge in [0, 0.05) is 4.90 Å². The van der Waals surface area contributed by atoms with E-state index in [1.807, 2.05) is 0 Å². The van der Waals surface area contributed by atoms with Crippen LogP contribution in [0.2, 0.25) is 0 Å². The Hall–Kier alpha value is -2.32. The summed E-state index contributed by atoms with van der Waals surface area (Å²) in [4.78, 5) is 0.0697. The number of rotatable bonds is 7. The van der Waals surface area contributed by atoms with Crippen molar-refractivity contribution in [3.05, 3.63) is 30.0 Å². The molecule has 0 fully saturated rings. The molecule has 0 radical (unpaired) electrons. The molecule has 0 amide bonds. The van der Waals surface area contributed by atoms with Crippen molar-refractivity contribution in [3.63, 3.8) is 0 Å². The van der Waals surface area contributed by atoms with Crippen LogP contribution in [0.1, 0.15) is 12.5 Å². The van der Waals surface area contributed by atoms with Gasteiger partial charge in [0.25, 0.3) is 0 Å². The van der Waals surface area contributed by atoms with Crippen LogP contribution >= 0.6 is 11.8 Å². The van der Waals surface area contributed by atoms with Crippen LogP contribution in [0.15, 0.2) is 29.3 Å². The predicted molar refractivity (Wildman–Crippen MR) is 90.8 cm³/mol. The topological polar surface area (TPSA) is 53.1 Å². The fourth-order valence-corrected chi connectivity index (χ4v) is 3.05. The maximum absolute atomic E-state index is 13.4. The minimum atomic E-state index is -6.53. The Morgan fingerprint density at radius 1 is 1.03 bits per heavy atom. The van der Waals surface area contributed by atoms with Crippen LogP contribution in [0, 0.1) is 0 Å². The maximum atomic E-state index is 13.4. The lowest BCUT2D eigenvalue weighted by atomic mass is 10.2. The molecule has 0 saturated heterocycles. The molecular weight excluding hydrogens is 472 g/mol. The maximum Gasteiger partial charge on any atom is 0.460 e. The number of nitrogen functional groups attached to an aromatic ring is 1. The molecule has 1 heterocycles. The number of hydrogen-bond acceptors (Lipinski definition) is 4. The number of nitrogens with two attached hydrogens (primary N) is 1. The van der Waals surface area contributed by atoms with Gasteiger partial charge in [0.2, 0.25) is 0 Å². The van der Waals surface area contributed by atoms with Crippen LogP contribution in [-0.4, -0.2) is 40.2 Å². The first-order valence-electron chi connectivity index (χ1n) is 8.16. The van der Waals surface area contributed by atoms with Gasteiger partial charge in [-0.15, -0.1) is 16.9 Å². The largest absolute Gasteiger partial charge is 0.481 e. The van der Waals surface area contributed by atoms with Crippen molar-refractivity contribution in [3.8, 4) is 11.4 Å². The van der Waals surface area contributed by atoms with Crippen molar-refractivity contribution in [1.82, 2.24) is 9.78 Å². The van der Waals surface area contributed by atoms with Gasteiger partial charge in [0.05, 0.1) is 17.4 Å². The number of halogens is 10. The SMILES string of the molecule is CCSc1cc(C(F)(F)F)ccc1-n1cc(OCC(F)(F)C(F)(F)C(F)(F)F)c(N)n1. The highest BCUT2D eigenvalue weighted by atomic mass is 32.2. The Morgan fingerprint density at radius 2 is 1.65 bits per heavy atom. The minimum Gasteiger partial charge on any atom is -0.481 e. The molecule has 4 nitrogen and oxygen atoms in total. The molecule has 2 N–H and O–H groups in total. The summed E-state index contributed by atoms with van der Waals surface area (Å²) < 4.78 is 133. The van der Waals surface area contributed by atoms with E-state index in [4.69, 9.17) is 5.73 Å². The normalized spacial score (nSPS) is 13.5. The monoisotopic (exact) mass is 485 g/mol. The first-order valence-corrected chi connectivity index (χ1v) is 9.14. The summed E-state index contributed by atoms with van der Waals surface area (Å²) in [5.41, 5.74) is 4.48. The Labute approximate surface area is 172 Å². The first kappa shape index (κ1) is 24.9. The number of benzene rings is 1. The van der Waals surface area contributed by atoms with Gasteiger partial charge in [-0.3, -0.25) is 0 Å². The summed E-state index contributed by atoms with van der Waals surface area (Å²) in [6, 6.07) is 2.52.